The third-order valence-electron chi connectivity index (χ3n) is 5.07. The number of amides is 2. The second-order valence-electron chi connectivity index (χ2n) is 7.44. The zero-order chi connectivity index (χ0) is 26.5. The number of hydrogen-bond donors (Lipinski definition) is 1. The number of ether oxygens (including phenoxy) is 1. The number of halogens is 2. The summed E-state index contributed by atoms with van der Waals surface area (Å²) in [5.41, 5.74) is -0.0461. The first-order valence-electron chi connectivity index (χ1n) is 10.0. The maximum atomic E-state index is 13.4. The van der Waals surface area contributed by atoms with Crippen molar-refractivity contribution in [1.82, 2.24) is 10.2 Å². The van der Waals surface area contributed by atoms with Gasteiger partial charge in [-0.15, -0.1) is 0 Å². The van der Waals surface area contributed by atoms with Crippen molar-refractivity contribution in [2.45, 2.75) is 19.5 Å². The molecule has 2 aromatic rings. The molecule has 2 amide bonds. The van der Waals surface area contributed by atoms with Crippen LogP contribution < -0.4 is 14.4 Å². The maximum Gasteiger partial charge on any atom is 0.271 e. The van der Waals surface area contributed by atoms with Gasteiger partial charge in [-0.3, -0.25) is 24.0 Å². The first-order chi connectivity index (χ1) is 16.3. The fourth-order valence-corrected chi connectivity index (χ4v) is 4.37. The van der Waals surface area contributed by atoms with E-state index < -0.39 is 45.0 Å². The van der Waals surface area contributed by atoms with Gasteiger partial charge in [0.05, 0.1) is 28.3 Å². The van der Waals surface area contributed by atoms with Crippen LogP contribution in [0.4, 0.5) is 11.4 Å². The minimum Gasteiger partial charge on any atom is -0.495 e. The molecule has 0 unspecified atom stereocenters. The molecule has 14 heteroatoms. The van der Waals surface area contributed by atoms with Crippen LogP contribution in [0, 0.1) is 10.1 Å². The fourth-order valence-electron chi connectivity index (χ4n) is 3.21. The van der Waals surface area contributed by atoms with E-state index in [2.05, 4.69) is 5.32 Å². The van der Waals surface area contributed by atoms with Gasteiger partial charge in [0.15, 0.2) is 0 Å². The summed E-state index contributed by atoms with van der Waals surface area (Å²) in [5, 5.41) is 14.3. The molecule has 0 radical (unpaired) electrons. The normalized spacial score (nSPS) is 11.9. The largest absolute Gasteiger partial charge is 0.495 e. The van der Waals surface area contributed by atoms with Gasteiger partial charge in [-0.1, -0.05) is 29.3 Å². The summed E-state index contributed by atoms with van der Waals surface area (Å²) in [6, 6.07) is 7.06. The number of benzene rings is 2. The van der Waals surface area contributed by atoms with E-state index in [1.807, 2.05) is 0 Å². The number of hydrogen-bond acceptors (Lipinski definition) is 7. The summed E-state index contributed by atoms with van der Waals surface area (Å²) in [7, 11) is -1.45. The highest BCUT2D eigenvalue weighted by Gasteiger charge is 2.31. The number of nitro benzene ring substituents is 1. The van der Waals surface area contributed by atoms with Crippen LogP contribution in [0.25, 0.3) is 0 Å². The lowest BCUT2D eigenvalue weighted by Crippen LogP contribution is -2.50. The Kier molecular flexibility index (Phi) is 9.30. The lowest BCUT2D eigenvalue weighted by Gasteiger charge is -2.31. The number of anilines is 1. The fraction of sp³-hybridized carbons (Fsp3) is 0.333. The van der Waals surface area contributed by atoms with E-state index in [0.717, 1.165) is 18.4 Å². The van der Waals surface area contributed by atoms with Gasteiger partial charge in [-0.05, 0) is 30.7 Å². The van der Waals surface area contributed by atoms with Crippen LogP contribution in [-0.2, 0) is 26.2 Å². The molecule has 11 nitrogen and oxygen atoms in total. The smallest absolute Gasteiger partial charge is 0.271 e. The minimum absolute atomic E-state index is 0.00390. The Bertz CT molecular complexity index is 1240. The zero-order valence-electron chi connectivity index (χ0n) is 19.3. The van der Waals surface area contributed by atoms with Gasteiger partial charge in [0, 0.05) is 25.7 Å². The molecule has 35 heavy (non-hydrogen) atoms. The van der Waals surface area contributed by atoms with Crippen LogP contribution in [0.15, 0.2) is 36.4 Å². The zero-order valence-corrected chi connectivity index (χ0v) is 21.6. The Balaban J connectivity index is 2.52. The number of nitrogens with one attached hydrogen (secondary N) is 1. The summed E-state index contributed by atoms with van der Waals surface area (Å²) >= 11 is 12.0. The Morgan fingerprint density at radius 1 is 1.17 bits per heavy atom. The monoisotopic (exact) mass is 546 g/mol. The van der Waals surface area contributed by atoms with Crippen molar-refractivity contribution in [2.24, 2.45) is 0 Å². The van der Waals surface area contributed by atoms with Crippen LogP contribution in [0.2, 0.25) is 10.0 Å². The van der Waals surface area contributed by atoms with Gasteiger partial charge in [0.2, 0.25) is 21.8 Å². The quantitative estimate of drug-likeness (QED) is 0.357. The number of sulfonamides is 1. The van der Waals surface area contributed by atoms with Crippen LogP contribution in [-0.4, -0.2) is 63.1 Å². The standard InChI is InChI=1S/C21H24Cl2N4O7S/c1-13(21(29)24-2)25(11-14-5-7-16(22)17(23)9-14)20(28)12-26(35(4,32)33)18-10-15(27(30)31)6-8-19(18)34-3/h5-10,13H,11-12H2,1-4H3,(H,24,29)/t13-/m0/s1. The molecule has 2 rings (SSSR count). The highest BCUT2D eigenvalue weighted by Crippen LogP contribution is 2.34. The van der Waals surface area contributed by atoms with Gasteiger partial charge in [0.1, 0.15) is 24.0 Å². The maximum absolute atomic E-state index is 13.4. The molecule has 1 atom stereocenters. The molecule has 0 bridgehead atoms. The molecular weight excluding hydrogens is 523 g/mol. The molecule has 0 aromatic heterocycles. The van der Waals surface area contributed by atoms with E-state index in [9.17, 15) is 28.1 Å². The average Bonchev–Trinajstić information content (AvgIpc) is 2.80. The third-order valence-corrected chi connectivity index (χ3v) is 6.94. The van der Waals surface area contributed by atoms with Gasteiger partial charge in [-0.25, -0.2) is 8.42 Å². The van der Waals surface area contributed by atoms with E-state index in [4.69, 9.17) is 27.9 Å². The molecular formula is C21H24Cl2N4O7S. The Morgan fingerprint density at radius 3 is 2.34 bits per heavy atom. The SMILES string of the molecule is CNC(=O)[C@H](C)N(Cc1ccc(Cl)c(Cl)c1)C(=O)CN(c1cc([N+](=O)[O-])ccc1OC)S(C)(=O)=O. The average molecular weight is 547 g/mol. The summed E-state index contributed by atoms with van der Waals surface area (Å²) < 4.78 is 31.2. The highest BCUT2D eigenvalue weighted by molar-refractivity contribution is 7.92. The first-order valence-corrected chi connectivity index (χ1v) is 12.7. The summed E-state index contributed by atoms with van der Waals surface area (Å²) in [4.78, 5) is 37.5. The molecule has 0 spiro atoms. The van der Waals surface area contributed by atoms with Crippen LogP contribution in [0.1, 0.15) is 12.5 Å². The number of methoxy groups -OCH3 is 1. The lowest BCUT2D eigenvalue weighted by atomic mass is 10.1. The predicted molar refractivity (Wildman–Crippen MR) is 132 cm³/mol. The van der Waals surface area contributed by atoms with Crippen molar-refractivity contribution in [3.05, 3.63) is 62.1 Å². The van der Waals surface area contributed by atoms with Gasteiger partial charge in [0.25, 0.3) is 5.69 Å². The Labute approximate surface area is 212 Å². The molecule has 0 aliphatic heterocycles. The van der Waals surface area contributed by atoms with Crippen LogP contribution in [0.3, 0.4) is 0 Å². The van der Waals surface area contributed by atoms with E-state index in [0.29, 0.717) is 14.9 Å². The van der Waals surface area contributed by atoms with E-state index >= 15 is 0 Å². The molecule has 0 aliphatic rings. The second kappa shape index (κ2) is 11.6. The summed E-state index contributed by atoms with van der Waals surface area (Å²) in [6.45, 7) is 0.639. The number of non-ortho nitro benzene ring substituents is 1. The molecule has 0 aliphatic carbocycles. The lowest BCUT2D eigenvalue weighted by molar-refractivity contribution is -0.384. The van der Waals surface area contributed by atoms with Crippen molar-refractivity contribution in [3.8, 4) is 5.75 Å². The molecule has 0 saturated heterocycles. The van der Waals surface area contributed by atoms with Gasteiger partial charge in [-0.2, -0.15) is 0 Å². The molecule has 190 valence electrons. The number of carbonyl (C=O) groups is 2. The molecule has 0 heterocycles. The first kappa shape index (κ1) is 28.1. The van der Waals surface area contributed by atoms with Crippen molar-refractivity contribution >= 4 is 56.4 Å². The number of likely N-dealkylation sites (N-methyl/N-ethyl adjacent to an activating group) is 1. The van der Waals surface area contributed by atoms with E-state index in [-0.39, 0.29) is 23.0 Å². The van der Waals surface area contributed by atoms with E-state index in [1.165, 1.54) is 44.2 Å². The Hall–Kier alpha value is -3.09. The molecule has 0 fully saturated rings. The third kappa shape index (κ3) is 6.96. The van der Waals surface area contributed by atoms with Crippen LogP contribution in [0.5, 0.6) is 5.75 Å². The Morgan fingerprint density at radius 2 is 1.83 bits per heavy atom. The molecule has 2 aromatic carbocycles. The predicted octanol–water partition coefficient (Wildman–Crippen LogP) is 2.84. The number of rotatable bonds is 10. The summed E-state index contributed by atoms with van der Waals surface area (Å²) in [5.74, 6) is -1.23. The van der Waals surface area contributed by atoms with Gasteiger partial charge < -0.3 is 15.0 Å². The summed E-state index contributed by atoms with van der Waals surface area (Å²) in [6.07, 6.45) is 0.851. The number of nitro groups is 1. The van der Waals surface area contributed by atoms with Crippen molar-refractivity contribution < 1.29 is 27.7 Å². The van der Waals surface area contributed by atoms with Crippen molar-refractivity contribution in [3.63, 3.8) is 0 Å². The minimum atomic E-state index is -4.11. The van der Waals surface area contributed by atoms with Gasteiger partial charge >= 0.3 is 0 Å². The number of carbonyl (C=O) groups excluding carboxylic acids is 2. The van der Waals surface area contributed by atoms with Crippen LogP contribution >= 0.6 is 23.2 Å². The van der Waals surface area contributed by atoms with Crippen molar-refractivity contribution in [1.29, 1.82) is 0 Å². The molecule has 1 N–H and O–H groups in total. The van der Waals surface area contributed by atoms with Crippen molar-refractivity contribution in [2.75, 3.05) is 31.3 Å². The number of nitrogens with zero attached hydrogens (tertiary/aromatic N) is 3. The highest BCUT2D eigenvalue weighted by atomic mass is 35.5. The topological polar surface area (TPSA) is 139 Å². The second-order valence-corrected chi connectivity index (χ2v) is 10.2. The van der Waals surface area contributed by atoms with E-state index in [1.54, 1.807) is 6.07 Å². The molecule has 0 saturated carbocycles.